The van der Waals surface area contributed by atoms with Gasteiger partial charge in [-0.3, -0.25) is 4.79 Å². The molecule has 0 fully saturated rings. The Labute approximate surface area is 122 Å². The van der Waals surface area contributed by atoms with E-state index in [1.165, 1.54) is 7.11 Å². The van der Waals surface area contributed by atoms with Gasteiger partial charge in [-0.2, -0.15) is 11.8 Å². The summed E-state index contributed by atoms with van der Waals surface area (Å²) in [5.41, 5.74) is 6.69. The van der Waals surface area contributed by atoms with Crippen LogP contribution in [-0.2, 0) is 15.3 Å². The Morgan fingerprint density at radius 1 is 1.47 bits per heavy atom. The predicted molar refractivity (Wildman–Crippen MR) is 78.8 cm³/mol. The minimum atomic E-state index is -0.557. The molecule has 0 aromatic heterocycles. The summed E-state index contributed by atoms with van der Waals surface area (Å²) >= 11 is 7.63. The highest BCUT2D eigenvalue weighted by Gasteiger charge is 2.13. The number of carbonyl (C=O) groups is 1. The van der Waals surface area contributed by atoms with E-state index in [4.69, 9.17) is 22.1 Å². The van der Waals surface area contributed by atoms with Crippen LogP contribution in [0, 0.1) is 0 Å². The van der Waals surface area contributed by atoms with Crippen LogP contribution < -0.4 is 10.5 Å². The molecular weight excluding hydrogens is 286 g/mol. The van der Waals surface area contributed by atoms with Gasteiger partial charge in [-0.25, -0.2) is 0 Å². The highest BCUT2D eigenvalue weighted by Crippen LogP contribution is 2.26. The van der Waals surface area contributed by atoms with E-state index in [1.807, 2.05) is 12.1 Å². The number of benzene rings is 1. The van der Waals surface area contributed by atoms with E-state index >= 15 is 0 Å². The molecule has 0 spiro atoms. The predicted octanol–water partition coefficient (Wildman–Crippen LogP) is 2.47. The van der Waals surface area contributed by atoms with Crippen LogP contribution >= 0.6 is 23.4 Å². The standard InChI is InChI=1S/C13H18ClNO3S/c1-17-12-4-3-10(14)7-9(12)8-19-6-5-11(15)13(16)18-2/h3-4,7,11H,5-6,8,15H2,1-2H3. The van der Waals surface area contributed by atoms with Crippen LogP contribution in [0.5, 0.6) is 5.75 Å². The highest BCUT2D eigenvalue weighted by molar-refractivity contribution is 7.98. The molecule has 0 heterocycles. The summed E-state index contributed by atoms with van der Waals surface area (Å²) in [6, 6.07) is 4.96. The van der Waals surface area contributed by atoms with Crippen LogP contribution in [0.1, 0.15) is 12.0 Å². The van der Waals surface area contributed by atoms with E-state index in [9.17, 15) is 4.79 Å². The summed E-state index contributed by atoms with van der Waals surface area (Å²) in [4.78, 5) is 11.1. The first-order chi connectivity index (χ1) is 9.08. The summed E-state index contributed by atoms with van der Waals surface area (Å²) in [7, 11) is 2.97. The average molecular weight is 304 g/mol. The van der Waals surface area contributed by atoms with Gasteiger partial charge in [0.25, 0.3) is 0 Å². The molecule has 0 saturated carbocycles. The Hall–Kier alpha value is -0.910. The summed E-state index contributed by atoms with van der Waals surface area (Å²) in [5.74, 6) is 1.97. The number of ether oxygens (including phenoxy) is 2. The Morgan fingerprint density at radius 2 is 2.21 bits per heavy atom. The lowest BCUT2D eigenvalue weighted by atomic mass is 10.2. The van der Waals surface area contributed by atoms with Crippen molar-refractivity contribution in [3.8, 4) is 5.75 Å². The third kappa shape index (κ3) is 5.30. The van der Waals surface area contributed by atoms with Crippen LogP contribution in [-0.4, -0.2) is 32.0 Å². The maximum absolute atomic E-state index is 11.1. The fraction of sp³-hybridized carbons (Fsp3) is 0.462. The molecule has 6 heteroatoms. The number of methoxy groups -OCH3 is 2. The molecule has 0 radical (unpaired) electrons. The molecule has 0 aliphatic carbocycles. The van der Waals surface area contributed by atoms with Gasteiger partial charge in [0.1, 0.15) is 11.8 Å². The van der Waals surface area contributed by atoms with E-state index in [0.29, 0.717) is 11.4 Å². The number of thioether (sulfide) groups is 1. The van der Waals surface area contributed by atoms with Gasteiger partial charge >= 0.3 is 5.97 Å². The number of rotatable bonds is 7. The summed E-state index contributed by atoms with van der Waals surface area (Å²) in [6.07, 6.45) is 0.584. The Morgan fingerprint density at radius 3 is 2.84 bits per heavy atom. The number of nitrogens with two attached hydrogens (primary N) is 1. The van der Waals surface area contributed by atoms with E-state index in [-0.39, 0.29) is 5.97 Å². The van der Waals surface area contributed by atoms with Gasteiger partial charge in [-0.1, -0.05) is 11.6 Å². The van der Waals surface area contributed by atoms with Crippen molar-refractivity contribution in [3.05, 3.63) is 28.8 Å². The van der Waals surface area contributed by atoms with Gasteiger partial charge in [-0.15, -0.1) is 0 Å². The van der Waals surface area contributed by atoms with Crippen molar-refractivity contribution in [1.82, 2.24) is 0 Å². The van der Waals surface area contributed by atoms with Crippen LogP contribution in [0.3, 0.4) is 0 Å². The van der Waals surface area contributed by atoms with Gasteiger partial charge in [0.2, 0.25) is 0 Å². The number of halogens is 1. The maximum atomic E-state index is 11.1. The molecule has 106 valence electrons. The fourth-order valence-corrected chi connectivity index (χ4v) is 2.73. The van der Waals surface area contributed by atoms with Crippen molar-refractivity contribution >= 4 is 29.3 Å². The van der Waals surface area contributed by atoms with E-state index in [1.54, 1.807) is 24.9 Å². The average Bonchev–Trinajstić information content (AvgIpc) is 2.42. The molecule has 0 bridgehead atoms. The van der Waals surface area contributed by atoms with Crippen molar-refractivity contribution in [3.63, 3.8) is 0 Å². The second-order valence-electron chi connectivity index (χ2n) is 3.93. The summed E-state index contributed by atoms with van der Waals surface area (Å²) in [5, 5.41) is 0.683. The molecule has 1 atom stereocenters. The first-order valence-electron chi connectivity index (χ1n) is 5.82. The molecule has 0 amide bonds. The van der Waals surface area contributed by atoms with E-state index < -0.39 is 6.04 Å². The Kier molecular flexibility index (Phi) is 7.05. The molecule has 19 heavy (non-hydrogen) atoms. The lowest BCUT2D eigenvalue weighted by Crippen LogP contribution is -2.31. The zero-order chi connectivity index (χ0) is 14.3. The van der Waals surface area contributed by atoms with Crippen molar-refractivity contribution in [2.45, 2.75) is 18.2 Å². The SMILES string of the molecule is COC(=O)C(N)CCSCc1cc(Cl)ccc1OC. The zero-order valence-electron chi connectivity index (χ0n) is 11.0. The van der Waals surface area contributed by atoms with Gasteiger partial charge < -0.3 is 15.2 Å². The first-order valence-corrected chi connectivity index (χ1v) is 7.35. The number of esters is 1. The summed E-state index contributed by atoms with van der Waals surface area (Å²) < 4.78 is 9.83. The maximum Gasteiger partial charge on any atom is 0.322 e. The normalized spacial score (nSPS) is 12.0. The zero-order valence-corrected chi connectivity index (χ0v) is 12.6. The molecule has 0 aliphatic rings. The van der Waals surface area contributed by atoms with E-state index in [0.717, 1.165) is 22.8 Å². The highest BCUT2D eigenvalue weighted by atomic mass is 35.5. The van der Waals surface area contributed by atoms with Gasteiger partial charge in [0.15, 0.2) is 0 Å². The smallest absolute Gasteiger partial charge is 0.322 e. The second-order valence-corrected chi connectivity index (χ2v) is 5.47. The number of hydrogen-bond donors (Lipinski definition) is 1. The largest absolute Gasteiger partial charge is 0.496 e. The molecular formula is C13H18ClNO3S. The van der Waals surface area contributed by atoms with Crippen LogP contribution in [0.15, 0.2) is 18.2 Å². The second kappa shape index (κ2) is 8.30. The lowest BCUT2D eigenvalue weighted by molar-refractivity contribution is -0.142. The van der Waals surface area contributed by atoms with Crippen molar-refractivity contribution in [2.24, 2.45) is 5.73 Å². The van der Waals surface area contributed by atoms with Crippen LogP contribution in [0.2, 0.25) is 5.02 Å². The molecule has 2 N–H and O–H groups in total. The topological polar surface area (TPSA) is 61.5 Å². The van der Waals surface area contributed by atoms with E-state index in [2.05, 4.69) is 4.74 Å². The minimum Gasteiger partial charge on any atom is -0.496 e. The van der Waals surface area contributed by atoms with Crippen LogP contribution in [0.4, 0.5) is 0 Å². The molecule has 1 rings (SSSR count). The van der Waals surface area contributed by atoms with Gasteiger partial charge in [0.05, 0.1) is 14.2 Å². The number of carbonyl (C=O) groups excluding carboxylic acids is 1. The third-order valence-corrected chi connectivity index (χ3v) is 3.85. The van der Waals surface area contributed by atoms with Crippen molar-refractivity contribution in [1.29, 1.82) is 0 Å². The molecule has 0 saturated heterocycles. The molecule has 1 aromatic rings. The minimum absolute atomic E-state index is 0.374. The lowest BCUT2D eigenvalue weighted by Gasteiger charge is -2.10. The fourth-order valence-electron chi connectivity index (χ4n) is 1.52. The van der Waals surface area contributed by atoms with Gasteiger partial charge in [0, 0.05) is 16.3 Å². The third-order valence-electron chi connectivity index (χ3n) is 2.58. The van der Waals surface area contributed by atoms with Gasteiger partial charge in [-0.05, 0) is 30.4 Å². The Bertz CT molecular complexity index is 428. The number of hydrogen-bond acceptors (Lipinski definition) is 5. The van der Waals surface area contributed by atoms with Crippen molar-refractivity contribution < 1.29 is 14.3 Å². The Balaban J connectivity index is 2.41. The quantitative estimate of drug-likeness (QED) is 0.619. The molecule has 4 nitrogen and oxygen atoms in total. The molecule has 1 aromatic carbocycles. The first kappa shape index (κ1) is 16.1. The molecule has 0 aliphatic heterocycles. The molecule has 1 unspecified atom stereocenters. The summed E-state index contributed by atoms with van der Waals surface area (Å²) in [6.45, 7) is 0. The van der Waals surface area contributed by atoms with Crippen molar-refractivity contribution in [2.75, 3.05) is 20.0 Å². The van der Waals surface area contributed by atoms with Crippen LogP contribution in [0.25, 0.3) is 0 Å². The monoisotopic (exact) mass is 303 g/mol.